The van der Waals surface area contributed by atoms with Crippen LogP contribution < -0.4 is 9.64 Å². The monoisotopic (exact) mass is 606 g/mol. The molecule has 1 heterocycles. The first-order valence-corrected chi connectivity index (χ1v) is 14.8. The Hall–Kier alpha value is -2.38. The average Bonchev–Trinajstić information content (AvgIpc) is 2.94. The van der Waals surface area contributed by atoms with Gasteiger partial charge >= 0.3 is 5.97 Å². The van der Waals surface area contributed by atoms with E-state index in [1.807, 2.05) is 0 Å². The smallest absolute Gasteiger partial charge is 0.309 e. The second-order valence-corrected chi connectivity index (χ2v) is 13.3. The summed E-state index contributed by atoms with van der Waals surface area (Å²) in [4.78, 5) is 13.8. The number of carbonyl (C=O) groups is 1. The third-order valence-electron chi connectivity index (χ3n) is 6.97. The molecule has 0 saturated heterocycles. The first kappa shape index (κ1) is 30.6. The van der Waals surface area contributed by atoms with Gasteiger partial charge in [0.05, 0.1) is 21.4 Å². The van der Waals surface area contributed by atoms with Crippen molar-refractivity contribution in [2.45, 2.75) is 72.5 Å². The number of likely N-dealkylation sites (N-methyl/N-ethyl adjacent to an activating group) is 1. The summed E-state index contributed by atoms with van der Waals surface area (Å²) in [5, 5.41) is 8.87. The molecule has 220 valence electrons. The highest BCUT2D eigenvalue weighted by molar-refractivity contribution is 8.00. The lowest BCUT2D eigenvalue weighted by atomic mass is 9.94. The van der Waals surface area contributed by atoms with Gasteiger partial charge in [-0.1, -0.05) is 6.07 Å². The molecule has 13 heteroatoms. The average molecular weight is 607 g/mol. The Morgan fingerprint density at radius 2 is 1.98 bits per heavy atom. The summed E-state index contributed by atoms with van der Waals surface area (Å²) >= 11 is 1.15. The van der Waals surface area contributed by atoms with E-state index < -0.39 is 58.2 Å². The quantitative estimate of drug-likeness (QED) is 0.303. The molecular formula is C27H31F5N2O4S2. The van der Waals surface area contributed by atoms with E-state index in [1.165, 1.54) is 35.5 Å². The first-order valence-electron chi connectivity index (χ1n) is 12.8. The second-order valence-electron chi connectivity index (χ2n) is 10.5. The molecule has 40 heavy (non-hydrogen) atoms. The van der Waals surface area contributed by atoms with E-state index in [0.717, 1.165) is 18.7 Å². The molecule has 0 bridgehead atoms. The molecule has 2 aromatic carbocycles. The van der Waals surface area contributed by atoms with Crippen molar-refractivity contribution < 1.29 is 40.8 Å². The SMILES string of the molecule is CC(COc1cc2c(cc1SC1CC(F)(F)C1)N(c1cccc(F)c1)CC(CCC(C)(F)F)N(C)S2=O)C(=O)O. The summed E-state index contributed by atoms with van der Waals surface area (Å²) < 4.78 is 90.2. The fourth-order valence-electron chi connectivity index (χ4n) is 4.54. The minimum Gasteiger partial charge on any atom is -0.491 e. The Kier molecular flexibility index (Phi) is 9.06. The number of benzene rings is 2. The van der Waals surface area contributed by atoms with E-state index in [2.05, 4.69) is 0 Å². The number of fused-ring (bicyclic) bond motifs is 1. The van der Waals surface area contributed by atoms with Crippen LogP contribution in [0.5, 0.6) is 5.75 Å². The van der Waals surface area contributed by atoms with Crippen molar-refractivity contribution in [2.75, 3.05) is 25.1 Å². The van der Waals surface area contributed by atoms with Gasteiger partial charge < -0.3 is 14.7 Å². The number of hydrogen-bond donors (Lipinski definition) is 1. The van der Waals surface area contributed by atoms with Crippen LogP contribution in [0.3, 0.4) is 0 Å². The van der Waals surface area contributed by atoms with Crippen molar-refractivity contribution in [3.05, 3.63) is 42.2 Å². The number of thioether (sulfide) groups is 1. The fraction of sp³-hybridized carbons (Fsp3) is 0.519. The highest BCUT2D eigenvalue weighted by Crippen LogP contribution is 2.50. The van der Waals surface area contributed by atoms with Gasteiger partial charge in [-0.15, -0.1) is 11.8 Å². The Balaban J connectivity index is 1.80. The molecule has 4 rings (SSSR count). The van der Waals surface area contributed by atoms with Gasteiger partial charge in [-0.05, 0) is 44.5 Å². The van der Waals surface area contributed by atoms with Crippen LogP contribution >= 0.6 is 11.8 Å². The van der Waals surface area contributed by atoms with Gasteiger partial charge in [-0.25, -0.2) is 30.5 Å². The summed E-state index contributed by atoms with van der Waals surface area (Å²) in [5.74, 6) is -8.01. The highest BCUT2D eigenvalue weighted by Gasteiger charge is 2.46. The zero-order valence-electron chi connectivity index (χ0n) is 22.2. The molecule has 1 aliphatic carbocycles. The van der Waals surface area contributed by atoms with Crippen molar-refractivity contribution in [2.24, 2.45) is 5.92 Å². The lowest BCUT2D eigenvalue weighted by Crippen LogP contribution is -2.39. The first-order chi connectivity index (χ1) is 18.6. The van der Waals surface area contributed by atoms with Crippen molar-refractivity contribution in [3.63, 3.8) is 0 Å². The van der Waals surface area contributed by atoms with Crippen molar-refractivity contribution >= 4 is 40.1 Å². The lowest BCUT2D eigenvalue weighted by molar-refractivity contribution is -0.142. The normalized spacial score (nSPS) is 22.2. The van der Waals surface area contributed by atoms with E-state index in [9.17, 15) is 36.1 Å². The molecule has 1 aliphatic heterocycles. The van der Waals surface area contributed by atoms with Gasteiger partial charge in [0.15, 0.2) is 0 Å². The van der Waals surface area contributed by atoms with Crippen LogP contribution in [0.25, 0.3) is 0 Å². The number of carboxylic acids is 1. The maximum absolute atomic E-state index is 14.3. The maximum Gasteiger partial charge on any atom is 0.309 e. The minimum atomic E-state index is -2.94. The Morgan fingerprint density at radius 1 is 1.27 bits per heavy atom. The summed E-state index contributed by atoms with van der Waals surface area (Å²) in [6, 6.07) is 8.19. The van der Waals surface area contributed by atoms with Crippen molar-refractivity contribution in [3.8, 4) is 5.75 Å². The Morgan fingerprint density at radius 3 is 2.58 bits per heavy atom. The molecule has 0 aromatic heterocycles. The number of alkyl halides is 4. The molecule has 3 atom stereocenters. The van der Waals surface area contributed by atoms with Gasteiger partial charge in [0.2, 0.25) is 11.8 Å². The van der Waals surface area contributed by atoms with E-state index in [-0.39, 0.29) is 43.1 Å². The molecular weight excluding hydrogens is 575 g/mol. The van der Waals surface area contributed by atoms with Crippen LogP contribution in [0.4, 0.5) is 33.3 Å². The number of ether oxygens (including phenoxy) is 1. The summed E-state index contributed by atoms with van der Waals surface area (Å²) in [5.41, 5.74) is 0.801. The zero-order chi connectivity index (χ0) is 29.4. The summed E-state index contributed by atoms with van der Waals surface area (Å²) in [6.07, 6.45) is -1.13. The van der Waals surface area contributed by atoms with Gasteiger partial charge in [0.1, 0.15) is 29.2 Å². The number of halogens is 5. The number of aliphatic carboxylic acids is 1. The van der Waals surface area contributed by atoms with E-state index >= 15 is 0 Å². The van der Waals surface area contributed by atoms with Crippen LogP contribution in [-0.2, 0) is 15.8 Å². The number of rotatable bonds is 10. The zero-order valence-corrected chi connectivity index (χ0v) is 23.8. The van der Waals surface area contributed by atoms with Gasteiger partial charge in [0, 0.05) is 55.9 Å². The molecule has 1 fully saturated rings. The third kappa shape index (κ3) is 7.27. The van der Waals surface area contributed by atoms with Crippen LogP contribution in [0, 0.1) is 11.7 Å². The number of nitrogens with zero attached hydrogens (tertiary/aromatic N) is 2. The fourth-order valence-corrected chi connectivity index (χ4v) is 7.27. The minimum absolute atomic E-state index is 0.00376. The van der Waals surface area contributed by atoms with Gasteiger partial charge in [-0.3, -0.25) is 4.79 Å². The molecule has 1 N–H and O–H groups in total. The summed E-state index contributed by atoms with van der Waals surface area (Å²) in [6.45, 7) is 2.16. The van der Waals surface area contributed by atoms with E-state index in [4.69, 9.17) is 4.74 Å². The van der Waals surface area contributed by atoms with Crippen LogP contribution in [-0.4, -0.2) is 62.9 Å². The molecule has 0 spiro atoms. The third-order valence-corrected chi connectivity index (χ3v) is 9.73. The number of hydrogen-bond acceptors (Lipinski definition) is 5. The molecule has 1 saturated carbocycles. The second kappa shape index (κ2) is 11.8. The molecule has 6 nitrogen and oxygen atoms in total. The van der Waals surface area contributed by atoms with Crippen LogP contribution in [0.2, 0.25) is 0 Å². The predicted molar refractivity (Wildman–Crippen MR) is 144 cm³/mol. The topological polar surface area (TPSA) is 70.1 Å². The highest BCUT2D eigenvalue weighted by atomic mass is 32.2. The Labute approximate surface area is 236 Å². The number of anilines is 2. The molecule has 0 radical (unpaired) electrons. The lowest BCUT2D eigenvalue weighted by Gasteiger charge is -2.35. The van der Waals surface area contributed by atoms with Gasteiger partial charge in [-0.2, -0.15) is 0 Å². The largest absolute Gasteiger partial charge is 0.491 e. The molecule has 0 amide bonds. The van der Waals surface area contributed by atoms with Crippen LogP contribution in [0.1, 0.15) is 39.5 Å². The van der Waals surface area contributed by atoms with E-state index in [1.54, 1.807) is 24.1 Å². The molecule has 3 unspecified atom stereocenters. The van der Waals surface area contributed by atoms with Crippen molar-refractivity contribution in [1.29, 1.82) is 0 Å². The van der Waals surface area contributed by atoms with Gasteiger partial charge in [0.25, 0.3) is 0 Å². The Bertz CT molecular complexity index is 1270. The predicted octanol–water partition coefficient (Wildman–Crippen LogP) is 6.73. The van der Waals surface area contributed by atoms with Crippen LogP contribution in [0.15, 0.2) is 46.2 Å². The molecule has 2 aromatic rings. The summed E-state index contributed by atoms with van der Waals surface area (Å²) in [7, 11) is -0.307. The molecule has 2 aliphatic rings. The van der Waals surface area contributed by atoms with Crippen molar-refractivity contribution in [1.82, 2.24) is 4.31 Å². The standard InChI is InChI=1S/C27H31F5N2O4S2/c1-16(25(35)36)15-38-22-11-24-21(10-23(22)39-20-12-27(31,32)13-20)34(18-6-4-5-17(28)9-18)14-19(33(3)40(24)37)7-8-26(2,29)30/h4-6,9-11,16,19-20H,7-8,12-15H2,1-3H3,(H,35,36). The van der Waals surface area contributed by atoms with E-state index in [0.29, 0.717) is 16.3 Å². The maximum atomic E-state index is 14.3. The number of carboxylic acid groups (broad SMARTS) is 1.